The van der Waals surface area contributed by atoms with Gasteiger partial charge in [-0.2, -0.15) is 0 Å². The Kier molecular flexibility index (Phi) is 6.26. The Morgan fingerprint density at radius 1 is 1.11 bits per heavy atom. The summed E-state index contributed by atoms with van der Waals surface area (Å²) in [7, 11) is 2.15. The first-order valence-corrected chi connectivity index (χ1v) is 8.26. The van der Waals surface area contributed by atoms with Crippen molar-refractivity contribution in [2.75, 3.05) is 7.05 Å². The summed E-state index contributed by atoms with van der Waals surface area (Å²) < 4.78 is 0. The monoisotopic (exact) mass is 249 g/mol. The Balaban J connectivity index is 1.81. The van der Waals surface area contributed by atoms with E-state index in [1.807, 2.05) is 0 Å². The van der Waals surface area contributed by atoms with Crippen LogP contribution in [0.2, 0.25) is 0 Å². The summed E-state index contributed by atoms with van der Waals surface area (Å²) in [6.07, 6.45) is 19.7. The molecule has 1 atom stereocenters. The molecule has 2 aliphatic rings. The fourth-order valence-electron chi connectivity index (χ4n) is 3.75. The molecule has 18 heavy (non-hydrogen) atoms. The molecule has 0 spiro atoms. The van der Waals surface area contributed by atoms with Gasteiger partial charge in [0.25, 0.3) is 0 Å². The van der Waals surface area contributed by atoms with Crippen LogP contribution in [0.25, 0.3) is 0 Å². The Morgan fingerprint density at radius 3 is 2.67 bits per heavy atom. The van der Waals surface area contributed by atoms with Crippen molar-refractivity contribution in [3.8, 4) is 0 Å². The number of rotatable bonds is 5. The van der Waals surface area contributed by atoms with Crippen LogP contribution in [0.4, 0.5) is 0 Å². The quantitative estimate of drug-likeness (QED) is 0.688. The molecule has 1 fully saturated rings. The second-order valence-corrected chi connectivity index (χ2v) is 6.30. The SMILES string of the molecule is CNC(CCC1CCCC1)C1=CCCCCCC1. The zero-order valence-corrected chi connectivity index (χ0v) is 12.2. The molecule has 1 N–H and O–H groups in total. The molecular formula is C17H31N. The van der Waals surface area contributed by atoms with Crippen molar-refractivity contribution in [2.45, 2.75) is 83.1 Å². The summed E-state index contributed by atoms with van der Waals surface area (Å²) in [5, 5.41) is 3.58. The molecule has 0 bridgehead atoms. The molecule has 0 aromatic carbocycles. The Bertz CT molecular complexity index is 250. The topological polar surface area (TPSA) is 12.0 Å². The first-order chi connectivity index (χ1) is 8.90. The molecule has 0 aromatic heterocycles. The second kappa shape index (κ2) is 7.99. The first kappa shape index (κ1) is 14.1. The van der Waals surface area contributed by atoms with Crippen LogP contribution in [0.15, 0.2) is 11.6 Å². The van der Waals surface area contributed by atoms with Gasteiger partial charge in [0.15, 0.2) is 0 Å². The number of hydrogen-bond donors (Lipinski definition) is 1. The number of hydrogen-bond acceptors (Lipinski definition) is 1. The van der Waals surface area contributed by atoms with Crippen molar-refractivity contribution < 1.29 is 0 Å². The zero-order valence-electron chi connectivity index (χ0n) is 12.2. The Hall–Kier alpha value is -0.300. The molecule has 0 aliphatic heterocycles. The largest absolute Gasteiger partial charge is 0.313 e. The van der Waals surface area contributed by atoms with Crippen LogP contribution in [0.5, 0.6) is 0 Å². The van der Waals surface area contributed by atoms with Gasteiger partial charge in [-0.25, -0.2) is 0 Å². The average Bonchev–Trinajstić information content (AvgIpc) is 2.84. The summed E-state index contributed by atoms with van der Waals surface area (Å²) in [6.45, 7) is 0. The van der Waals surface area contributed by atoms with E-state index in [0.717, 1.165) is 5.92 Å². The molecule has 2 aliphatic carbocycles. The van der Waals surface area contributed by atoms with E-state index in [1.165, 1.54) is 77.0 Å². The highest BCUT2D eigenvalue weighted by Gasteiger charge is 2.18. The molecule has 0 heterocycles. The van der Waals surface area contributed by atoms with Crippen molar-refractivity contribution in [1.29, 1.82) is 0 Å². The van der Waals surface area contributed by atoms with Gasteiger partial charge in [-0.3, -0.25) is 0 Å². The highest BCUT2D eigenvalue weighted by Crippen LogP contribution is 2.30. The van der Waals surface area contributed by atoms with Crippen LogP contribution >= 0.6 is 0 Å². The normalized spacial score (nSPS) is 24.4. The fraction of sp³-hybridized carbons (Fsp3) is 0.882. The summed E-state index contributed by atoms with van der Waals surface area (Å²) in [6, 6.07) is 0.670. The number of nitrogens with one attached hydrogen (secondary N) is 1. The van der Waals surface area contributed by atoms with Crippen molar-refractivity contribution in [1.82, 2.24) is 5.32 Å². The smallest absolute Gasteiger partial charge is 0.0276 e. The standard InChI is InChI=1S/C17H31N/c1-18-17(14-13-15-9-7-8-10-15)16-11-5-3-2-4-6-12-16/h11,15,17-18H,2-10,12-14H2,1H3. The summed E-state index contributed by atoms with van der Waals surface area (Å²) in [5.74, 6) is 1.04. The van der Waals surface area contributed by atoms with Crippen molar-refractivity contribution in [3.63, 3.8) is 0 Å². The third-order valence-corrected chi connectivity index (χ3v) is 4.96. The number of allylic oxidation sites excluding steroid dienone is 1. The van der Waals surface area contributed by atoms with Crippen LogP contribution in [-0.2, 0) is 0 Å². The predicted molar refractivity (Wildman–Crippen MR) is 79.8 cm³/mol. The number of likely N-dealkylation sites (N-methyl/N-ethyl adjacent to an activating group) is 1. The average molecular weight is 249 g/mol. The van der Waals surface area contributed by atoms with Gasteiger partial charge in [0.1, 0.15) is 0 Å². The first-order valence-electron chi connectivity index (χ1n) is 8.26. The van der Waals surface area contributed by atoms with Crippen LogP contribution in [0.3, 0.4) is 0 Å². The van der Waals surface area contributed by atoms with Crippen molar-refractivity contribution in [2.24, 2.45) is 5.92 Å². The molecule has 1 heteroatoms. The molecular weight excluding hydrogens is 218 g/mol. The maximum atomic E-state index is 3.58. The van der Waals surface area contributed by atoms with Gasteiger partial charge < -0.3 is 5.32 Å². The van der Waals surface area contributed by atoms with Gasteiger partial charge in [-0.1, -0.05) is 50.2 Å². The molecule has 0 aromatic rings. The molecule has 0 amide bonds. The molecule has 104 valence electrons. The van der Waals surface area contributed by atoms with Crippen molar-refractivity contribution >= 4 is 0 Å². The van der Waals surface area contributed by atoms with Crippen LogP contribution in [0.1, 0.15) is 77.0 Å². The van der Waals surface area contributed by atoms with Crippen LogP contribution in [0, 0.1) is 5.92 Å². The van der Waals surface area contributed by atoms with Crippen LogP contribution < -0.4 is 5.32 Å². The lowest BCUT2D eigenvalue weighted by Gasteiger charge is -2.23. The highest BCUT2D eigenvalue weighted by atomic mass is 14.9. The van der Waals surface area contributed by atoms with Gasteiger partial charge in [0.2, 0.25) is 0 Å². The minimum atomic E-state index is 0.670. The van der Waals surface area contributed by atoms with E-state index in [1.54, 1.807) is 5.57 Å². The van der Waals surface area contributed by atoms with Crippen molar-refractivity contribution in [3.05, 3.63) is 11.6 Å². The highest BCUT2D eigenvalue weighted by molar-refractivity contribution is 5.11. The van der Waals surface area contributed by atoms with E-state index < -0.39 is 0 Å². The zero-order chi connectivity index (χ0) is 12.6. The summed E-state index contributed by atoms with van der Waals surface area (Å²) in [5.41, 5.74) is 1.72. The van der Waals surface area contributed by atoms with Gasteiger partial charge in [-0.15, -0.1) is 0 Å². The molecule has 1 unspecified atom stereocenters. The lowest BCUT2D eigenvalue weighted by Crippen LogP contribution is -2.28. The van der Waals surface area contributed by atoms with Gasteiger partial charge >= 0.3 is 0 Å². The third kappa shape index (κ3) is 4.42. The molecule has 1 nitrogen and oxygen atoms in total. The third-order valence-electron chi connectivity index (χ3n) is 4.96. The fourth-order valence-corrected chi connectivity index (χ4v) is 3.75. The molecule has 0 radical (unpaired) electrons. The van der Waals surface area contributed by atoms with Crippen LogP contribution in [-0.4, -0.2) is 13.1 Å². The second-order valence-electron chi connectivity index (χ2n) is 6.30. The maximum absolute atomic E-state index is 3.58. The lowest BCUT2D eigenvalue weighted by atomic mass is 9.90. The Labute approximate surface area is 113 Å². The maximum Gasteiger partial charge on any atom is 0.0276 e. The van der Waals surface area contributed by atoms with Gasteiger partial charge in [0.05, 0.1) is 0 Å². The minimum Gasteiger partial charge on any atom is -0.313 e. The Morgan fingerprint density at radius 2 is 1.89 bits per heavy atom. The molecule has 2 rings (SSSR count). The van der Waals surface area contributed by atoms with E-state index in [2.05, 4.69) is 18.4 Å². The van der Waals surface area contributed by atoms with Gasteiger partial charge in [0, 0.05) is 6.04 Å². The predicted octanol–water partition coefficient (Wildman–Crippen LogP) is 4.83. The van der Waals surface area contributed by atoms with E-state index >= 15 is 0 Å². The van der Waals surface area contributed by atoms with E-state index in [9.17, 15) is 0 Å². The van der Waals surface area contributed by atoms with Gasteiger partial charge in [-0.05, 0) is 51.5 Å². The lowest BCUT2D eigenvalue weighted by molar-refractivity contribution is 0.434. The van der Waals surface area contributed by atoms with E-state index in [4.69, 9.17) is 0 Å². The minimum absolute atomic E-state index is 0.670. The summed E-state index contributed by atoms with van der Waals surface area (Å²) in [4.78, 5) is 0. The molecule has 0 saturated heterocycles. The summed E-state index contributed by atoms with van der Waals surface area (Å²) >= 11 is 0. The van der Waals surface area contributed by atoms with E-state index in [-0.39, 0.29) is 0 Å². The molecule has 1 saturated carbocycles. The van der Waals surface area contributed by atoms with E-state index in [0.29, 0.717) is 6.04 Å².